The van der Waals surface area contributed by atoms with E-state index in [0.717, 1.165) is 5.56 Å². The third kappa shape index (κ3) is 3.41. The highest BCUT2D eigenvalue weighted by atomic mass is 32.2. The van der Waals surface area contributed by atoms with Gasteiger partial charge in [0.15, 0.2) is 0 Å². The molecule has 0 aliphatic rings. The van der Waals surface area contributed by atoms with Gasteiger partial charge in [-0.05, 0) is 46.7 Å². The smallest absolute Gasteiger partial charge is 0.263 e. The number of thiophene rings is 1. The Morgan fingerprint density at radius 3 is 2.65 bits per heavy atom. The summed E-state index contributed by atoms with van der Waals surface area (Å²) in [6.07, 6.45) is 1.54. The van der Waals surface area contributed by atoms with E-state index in [1.807, 2.05) is 22.9 Å². The van der Waals surface area contributed by atoms with Crippen molar-refractivity contribution < 1.29 is 8.42 Å². The lowest BCUT2D eigenvalue weighted by Gasteiger charge is -2.10. The monoisotopic (exact) mass is 344 g/mol. The van der Waals surface area contributed by atoms with Crippen LogP contribution in [0.4, 0.5) is 5.82 Å². The predicted molar refractivity (Wildman–Crippen MR) is 87.6 cm³/mol. The summed E-state index contributed by atoms with van der Waals surface area (Å²) >= 11 is 1.57. The molecule has 0 bridgehead atoms. The van der Waals surface area contributed by atoms with Gasteiger partial charge in [-0.25, -0.2) is 13.1 Å². The largest absolute Gasteiger partial charge is 0.264 e. The molecule has 0 atom stereocenters. The van der Waals surface area contributed by atoms with Crippen LogP contribution in [-0.4, -0.2) is 18.2 Å². The minimum atomic E-state index is -3.73. The summed E-state index contributed by atoms with van der Waals surface area (Å²) in [7, 11) is -3.73. The van der Waals surface area contributed by atoms with Crippen LogP contribution in [0.2, 0.25) is 0 Å². The number of hydrogen-bond acceptors (Lipinski definition) is 5. The molecule has 0 aliphatic carbocycles. The highest BCUT2D eigenvalue weighted by molar-refractivity contribution is 7.92. The molecule has 0 saturated carbocycles. The second-order valence-corrected chi connectivity index (χ2v) is 7.21. The van der Waals surface area contributed by atoms with Crippen molar-refractivity contribution in [3.8, 4) is 6.07 Å². The number of sulfonamides is 1. The first-order chi connectivity index (χ1) is 11.1. The fourth-order valence-corrected chi connectivity index (χ4v) is 3.73. The highest BCUT2D eigenvalue weighted by Gasteiger charge is 2.16. The molecule has 3 aromatic rings. The van der Waals surface area contributed by atoms with Crippen LogP contribution in [-0.2, 0) is 16.6 Å². The molecular formula is C15H12N4O2S2. The molecule has 0 unspecified atom stereocenters. The van der Waals surface area contributed by atoms with Crippen molar-refractivity contribution in [2.45, 2.75) is 11.4 Å². The van der Waals surface area contributed by atoms with Gasteiger partial charge in [-0.1, -0.05) is 0 Å². The average molecular weight is 344 g/mol. The normalized spacial score (nSPS) is 11.1. The van der Waals surface area contributed by atoms with Gasteiger partial charge in [-0.15, -0.1) is 0 Å². The lowest BCUT2D eigenvalue weighted by Crippen LogP contribution is -2.16. The minimum absolute atomic E-state index is 0.0970. The molecule has 0 aliphatic heterocycles. The molecule has 0 amide bonds. The number of nitrogens with one attached hydrogen (secondary N) is 1. The quantitative estimate of drug-likeness (QED) is 0.771. The summed E-state index contributed by atoms with van der Waals surface area (Å²) in [6.45, 7) is 0.488. The first-order valence-corrected chi connectivity index (χ1v) is 9.07. The summed E-state index contributed by atoms with van der Waals surface area (Å²) in [4.78, 5) is 0.0970. The topological polar surface area (TPSA) is 87.8 Å². The molecule has 2 heterocycles. The van der Waals surface area contributed by atoms with Crippen molar-refractivity contribution in [2.24, 2.45) is 0 Å². The maximum absolute atomic E-state index is 12.4. The number of hydrogen-bond donors (Lipinski definition) is 1. The van der Waals surface area contributed by atoms with Gasteiger partial charge in [-0.3, -0.25) is 4.72 Å². The molecule has 8 heteroatoms. The summed E-state index contributed by atoms with van der Waals surface area (Å²) in [5.41, 5.74) is 1.46. The van der Waals surface area contributed by atoms with E-state index in [4.69, 9.17) is 5.26 Å². The van der Waals surface area contributed by atoms with Crippen LogP contribution in [0, 0.1) is 11.3 Å². The van der Waals surface area contributed by atoms with Gasteiger partial charge in [0.25, 0.3) is 10.0 Å². The maximum Gasteiger partial charge on any atom is 0.263 e. The van der Waals surface area contributed by atoms with E-state index in [-0.39, 0.29) is 4.90 Å². The number of aromatic nitrogens is 2. The Kier molecular flexibility index (Phi) is 4.14. The molecule has 2 aromatic heterocycles. The maximum atomic E-state index is 12.4. The van der Waals surface area contributed by atoms with Gasteiger partial charge < -0.3 is 0 Å². The Morgan fingerprint density at radius 2 is 2.00 bits per heavy atom. The van der Waals surface area contributed by atoms with Gasteiger partial charge in [-0.2, -0.15) is 21.7 Å². The van der Waals surface area contributed by atoms with Crippen LogP contribution in [0.3, 0.4) is 0 Å². The van der Waals surface area contributed by atoms with Crippen LogP contribution in [0.15, 0.2) is 58.3 Å². The van der Waals surface area contributed by atoms with E-state index in [0.29, 0.717) is 17.9 Å². The van der Waals surface area contributed by atoms with E-state index in [1.165, 1.54) is 24.3 Å². The zero-order valence-electron chi connectivity index (χ0n) is 11.9. The molecule has 0 fully saturated rings. The van der Waals surface area contributed by atoms with Crippen LogP contribution >= 0.6 is 11.3 Å². The van der Waals surface area contributed by atoms with Crippen molar-refractivity contribution >= 4 is 27.2 Å². The summed E-state index contributed by atoms with van der Waals surface area (Å²) in [5, 5.41) is 16.9. The molecule has 1 aromatic carbocycles. The third-order valence-corrected chi connectivity index (χ3v) is 5.26. The second kappa shape index (κ2) is 6.24. The van der Waals surface area contributed by atoms with E-state index in [9.17, 15) is 8.42 Å². The van der Waals surface area contributed by atoms with Crippen molar-refractivity contribution in [2.75, 3.05) is 4.72 Å². The van der Waals surface area contributed by atoms with E-state index in [2.05, 4.69) is 9.82 Å². The van der Waals surface area contributed by atoms with E-state index in [1.54, 1.807) is 28.3 Å². The zero-order chi connectivity index (χ0) is 16.3. The molecule has 0 spiro atoms. The van der Waals surface area contributed by atoms with Crippen LogP contribution < -0.4 is 4.72 Å². The van der Waals surface area contributed by atoms with E-state index < -0.39 is 10.0 Å². The molecule has 1 N–H and O–H groups in total. The molecule has 0 saturated heterocycles. The Balaban J connectivity index is 1.83. The SMILES string of the molecule is N#Cc1ccc(S(=O)(=O)Nc2ccnn2Cc2ccsc2)cc1. The zero-order valence-corrected chi connectivity index (χ0v) is 13.5. The highest BCUT2D eigenvalue weighted by Crippen LogP contribution is 2.18. The van der Waals surface area contributed by atoms with Crippen LogP contribution in [0.1, 0.15) is 11.1 Å². The van der Waals surface area contributed by atoms with Crippen molar-refractivity contribution in [3.05, 3.63) is 64.5 Å². The molecule has 3 rings (SSSR count). The van der Waals surface area contributed by atoms with Crippen LogP contribution in [0.25, 0.3) is 0 Å². The first kappa shape index (κ1) is 15.3. The molecule has 116 valence electrons. The number of benzene rings is 1. The van der Waals surface area contributed by atoms with Gasteiger partial charge in [0, 0.05) is 6.07 Å². The van der Waals surface area contributed by atoms with Gasteiger partial charge in [0.05, 0.1) is 29.3 Å². The van der Waals surface area contributed by atoms with Gasteiger partial charge >= 0.3 is 0 Å². The Labute approximate surface area is 137 Å². The van der Waals surface area contributed by atoms with E-state index >= 15 is 0 Å². The van der Waals surface area contributed by atoms with Crippen LogP contribution in [0.5, 0.6) is 0 Å². The van der Waals surface area contributed by atoms with Crippen molar-refractivity contribution in [3.63, 3.8) is 0 Å². The average Bonchev–Trinajstić information content (AvgIpc) is 3.20. The first-order valence-electron chi connectivity index (χ1n) is 6.64. The minimum Gasteiger partial charge on any atom is -0.264 e. The number of nitriles is 1. The number of rotatable bonds is 5. The fourth-order valence-electron chi connectivity index (χ4n) is 2.01. The number of nitrogens with zero attached hydrogens (tertiary/aromatic N) is 3. The lowest BCUT2D eigenvalue weighted by atomic mass is 10.2. The summed E-state index contributed by atoms with van der Waals surface area (Å²) in [6, 6.07) is 11.3. The Bertz CT molecular complexity index is 936. The Hall–Kier alpha value is -2.63. The third-order valence-electron chi connectivity index (χ3n) is 3.16. The van der Waals surface area contributed by atoms with Gasteiger partial charge in [0.1, 0.15) is 5.82 Å². The lowest BCUT2D eigenvalue weighted by molar-refractivity contribution is 0.599. The van der Waals surface area contributed by atoms with Gasteiger partial charge in [0.2, 0.25) is 0 Å². The van der Waals surface area contributed by atoms with Crippen molar-refractivity contribution in [1.29, 1.82) is 5.26 Å². The predicted octanol–water partition coefficient (Wildman–Crippen LogP) is 2.67. The summed E-state index contributed by atoms with van der Waals surface area (Å²) in [5.74, 6) is 0.389. The number of anilines is 1. The second-order valence-electron chi connectivity index (χ2n) is 4.75. The van der Waals surface area contributed by atoms with Crippen molar-refractivity contribution in [1.82, 2.24) is 9.78 Å². The Morgan fingerprint density at radius 1 is 1.22 bits per heavy atom. The standard InChI is InChI=1S/C15H12N4O2S2/c16-9-12-1-3-14(4-2-12)23(20,21)18-15-5-7-17-19(15)10-13-6-8-22-11-13/h1-8,11,18H,10H2. The molecule has 0 radical (unpaired) electrons. The molecule has 6 nitrogen and oxygen atoms in total. The molecule has 23 heavy (non-hydrogen) atoms. The molecular weight excluding hydrogens is 332 g/mol. The fraction of sp³-hybridized carbons (Fsp3) is 0.0667. The summed E-state index contributed by atoms with van der Waals surface area (Å²) < 4.78 is 29.0.